The van der Waals surface area contributed by atoms with Gasteiger partial charge in [0, 0.05) is 6.07 Å². The fourth-order valence-corrected chi connectivity index (χ4v) is 1.93. The summed E-state index contributed by atoms with van der Waals surface area (Å²) in [6, 6.07) is 4.02. The number of alkyl carbamates (subject to hydrolysis) is 1. The summed E-state index contributed by atoms with van der Waals surface area (Å²) in [6.45, 7) is 4.88. The maximum atomic E-state index is 12.0. The molecular weight excluding hydrogens is 320 g/mol. The highest BCUT2D eigenvalue weighted by Crippen LogP contribution is 2.28. The molecule has 1 rings (SSSR count). The first-order valence-electron chi connectivity index (χ1n) is 7.05. The van der Waals surface area contributed by atoms with E-state index in [2.05, 4.69) is 10.1 Å². The molecular formula is C15H20N2O7. The normalized spacial score (nSPS) is 13.5. The number of ether oxygens (including phenoxy) is 2. The molecule has 0 unspecified atom stereocenters. The molecule has 0 radical (unpaired) electrons. The summed E-state index contributed by atoms with van der Waals surface area (Å²) in [5.41, 5.74) is -1.24. The Morgan fingerprint density at radius 2 is 1.88 bits per heavy atom. The van der Waals surface area contributed by atoms with E-state index in [1.807, 2.05) is 0 Å². The van der Waals surface area contributed by atoms with Crippen molar-refractivity contribution in [3.8, 4) is 0 Å². The lowest BCUT2D eigenvalue weighted by Gasteiger charge is -2.25. The van der Waals surface area contributed by atoms with Gasteiger partial charge in [-0.2, -0.15) is 0 Å². The quantitative estimate of drug-likeness (QED) is 0.474. The molecule has 2 N–H and O–H groups in total. The third-order valence-electron chi connectivity index (χ3n) is 2.90. The average molecular weight is 340 g/mol. The minimum atomic E-state index is -1.84. The van der Waals surface area contributed by atoms with Crippen LogP contribution < -0.4 is 5.32 Å². The number of hydrogen-bond acceptors (Lipinski definition) is 7. The van der Waals surface area contributed by atoms with Crippen LogP contribution in [-0.2, 0) is 14.3 Å². The summed E-state index contributed by atoms with van der Waals surface area (Å²) in [5.74, 6) is -1.05. The van der Waals surface area contributed by atoms with Gasteiger partial charge in [0.1, 0.15) is 11.6 Å². The highest BCUT2D eigenvalue weighted by atomic mass is 16.6. The van der Waals surface area contributed by atoms with Crippen LogP contribution in [0.1, 0.15) is 32.4 Å². The molecule has 2 atom stereocenters. The molecule has 9 nitrogen and oxygen atoms in total. The minimum absolute atomic E-state index is 0.0498. The Morgan fingerprint density at radius 3 is 2.38 bits per heavy atom. The number of rotatable bonds is 5. The Bertz CT molecular complexity index is 624. The Labute approximate surface area is 138 Å². The number of aliphatic hydroxyl groups is 1. The van der Waals surface area contributed by atoms with Crippen LogP contribution in [0.3, 0.4) is 0 Å². The van der Waals surface area contributed by atoms with E-state index in [0.29, 0.717) is 0 Å². The molecule has 0 spiro atoms. The van der Waals surface area contributed by atoms with Crippen molar-refractivity contribution < 1.29 is 29.1 Å². The average Bonchev–Trinajstić information content (AvgIpc) is 2.49. The van der Waals surface area contributed by atoms with Crippen molar-refractivity contribution in [3.05, 3.63) is 39.9 Å². The zero-order valence-corrected chi connectivity index (χ0v) is 13.8. The summed E-state index contributed by atoms with van der Waals surface area (Å²) < 4.78 is 9.52. The van der Waals surface area contributed by atoms with Gasteiger partial charge in [-0.3, -0.25) is 10.1 Å². The van der Waals surface area contributed by atoms with Crippen LogP contribution in [-0.4, -0.2) is 40.9 Å². The Kier molecular flexibility index (Phi) is 6.24. The number of carbonyl (C=O) groups excluding carboxylic acids is 2. The fourth-order valence-electron chi connectivity index (χ4n) is 1.93. The number of carbonyl (C=O) groups is 2. The number of nitrogens with zero attached hydrogens (tertiary/aromatic N) is 1. The van der Waals surface area contributed by atoms with E-state index in [-0.39, 0.29) is 11.3 Å². The lowest BCUT2D eigenvalue weighted by atomic mass is 9.99. The largest absolute Gasteiger partial charge is 0.467 e. The third kappa shape index (κ3) is 5.20. The van der Waals surface area contributed by atoms with Crippen LogP contribution in [0.4, 0.5) is 10.5 Å². The maximum Gasteiger partial charge on any atom is 0.408 e. The zero-order valence-electron chi connectivity index (χ0n) is 13.8. The molecule has 0 fully saturated rings. The summed E-state index contributed by atoms with van der Waals surface area (Å²) in [5, 5.41) is 23.6. The number of amides is 1. The second kappa shape index (κ2) is 7.73. The maximum absolute atomic E-state index is 12.0. The first kappa shape index (κ1) is 19.4. The van der Waals surface area contributed by atoms with Crippen LogP contribution in [0, 0.1) is 10.1 Å². The molecule has 0 aliphatic carbocycles. The number of benzene rings is 1. The topological polar surface area (TPSA) is 128 Å². The second-order valence-corrected chi connectivity index (χ2v) is 5.91. The second-order valence-electron chi connectivity index (χ2n) is 5.91. The fraction of sp³-hybridized carbons (Fsp3) is 0.467. The van der Waals surface area contributed by atoms with Crippen molar-refractivity contribution in [2.45, 2.75) is 38.5 Å². The van der Waals surface area contributed by atoms with Gasteiger partial charge < -0.3 is 19.9 Å². The molecule has 132 valence electrons. The molecule has 1 aromatic carbocycles. The van der Waals surface area contributed by atoms with Gasteiger partial charge in [-0.15, -0.1) is 0 Å². The number of esters is 1. The van der Waals surface area contributed by atoms with Crippen LogP contribution in [0.15, 0.2) is 24.3 Å². The summed E-state index contributed by atoms with van der Waals surface area (Å²) in [7, 11) is 1.05. The van der Waals surface area contributed by atoms with Crippen LogP contribution >= 0.6 is 0 Å². The molecule has 0 saturated heterocycles. The predicted molar refractivity (Wildman–Crippen MR) is 83.2 cm³/mol. The number of nitro groups is 1. The molecule has 0 bridgehead atoms. The van der Waals surface area contributed by atoms with Gasteiger partial charge in [0.2, 0.25) is 0 Å². The first-order valence-corrected chi connectivity index (χ1v) is 7.05. The monoisotopic (exact) mass is 340 g/mol. The van der Waals surface area contributed by atoms with E-state index >= 15 is 0 Å². The molecule has 0 aliphatic rings. The molecule has 0 aliphatic heterocycles. The highest BCUT2D eigenvalue weighted by Gasteiger charge is 2.35. The summed E-state index contributed by atoms with van der Waals surface area (Å²) in [4.78, 5) is 34.1. The summed E-state index contributed by atoms with van der Waals surface area (Å²) >= 11 is 0. The van der Waals surface area contributed by atoms with E-state index in [1.54, 1.807) is 20.8 Å². The van der Waals surface area contributed by atoms with Crippen molar-refractivity contribution in [1.29, 1.82) is 0 Å². The summed E-state index contributed by atoms with van der Waals surface area (Å²) in [6.07, 6.45) is -2.78. The van der Waals surface area contributed by atoms with E-state index in [0.717, 1.165) is 7.11 Å². The minimum Gasteiger partial charge on any atom is -0.467 e. The van der Waals surface area contributed by atoms with Crippen LogP contribution in [0.25, 0.3) is 0 Å². The Hall–Kier alpha value is -2.68. The van der Waals surface area contributed by atoms with E-state index in [1.165, 1.54) is 24.3 Å². The number of para-hydroxylation sites is 1. The molecule has 0 heterocycles. The Balaban J connectivity index is 3.23. The lowest BCUT2D eigenvalue weighted by Crippen LogP contribution is -2.43. The highest BCUT2D eigenvalue weighted by molar-refractivity contribution is 5.78. The zero-order chi connectivity index (χ0) is 18.5. The van der Waals surface area contributed by atoms with E-state index in [9.17, 15) is 24.8 Å². The Morgan fingerprint density at radius 1 is 1.29 bits per heavy atom. The molecule has 0 saturated carbocycles. The molecule has 24 heavy (non-hydrogen) atoms. The third-order valence-corrected chi connectivity index (χ3v) is 2.90. The van der Waals surface area contributed by atoms with Gasteiger partial charge in [-0.1, -0.05) is 12.1 Å². The predicted octanol–water partition coefficient (Wildman–Crippen LogP) is 1.69. The molecule has 1 aromatic rings. The lowest BCUT2D eigenvalue weighted by molar-refractivity contribution is -0.385. The van der Waals surface area contributed by atoms with Gasteiger partial charge in [0.15, 0.2) is 6.10 Å². The van der Waals surface area contributed by atoms with Gasteiger partial charge >= 0.3 is 12.1 Å². The smallest absolute Gasteiger partial charge is 0.408 e. The van der Waals surface area contributed by atoms with Crippen molar-refractivity contribution in [1.82, 2.24) is 5.32 Å². The van der Waals surface area contributed by atoms with Gasteiger partial charge in [-0.05, 0) is 26.8 Å². The number of nitrogens with one attached hydrogen (secondary N) is 1. The van der Waals surface area contributed by atoms with Gasteiger partial charge in [0.25, 0.3) is 5.69 Å². The number of hydrogen-bond donors (Lipinski definition) is 2. The van der Waals surface area contributed by atoms with Crippen molar-refractivity contribution in [2.75, 3.05) is 7.11 Å². The standard InChI is InChI=1S/C15H20N2O7/c1-15(2,3)24-14(20)16-11(12(18)13(19)23-4)9-7-5-6-8-10(9)17(21)22/h5-8,11-12,18H,1-4H3,(H,16,20)/t11-,12+/m0/s1. The number of nitro benzene ring substituents is 1. The van der Waals surface area contributed by atoms with E-state index in [4.69, 9.17) is 4.74 Å². The van der Waals surface area contributed by atoms with Gasteiger partial charge in [-0.25, -0.2) is 9.59 Å². The van der Waals surface area contributed by atoms with Crippen LogP contribution in [0.2, 0.25) is 0 Å². The molecule has 1 amide bonds. The number of aliphatic hydroxyl groups excluding tert-OH is 1. The van der Waals surface area contributed by atoms with E-state index < -0.39 is 34.7 Å². The van der Waals surface area contributed by atoms with Gasteiger partial charge in [0.05, 0.1) is 17.6 Å². The molecule has 0 aromatic heterocycles. The first-order chi connectivity index (χ1) is 11.1. The molecule has 9 heteroatoms. The van der Waals surface area contributed by atoms with Crippen molar-refractivity contribution >= 4 is 17.7 Å². The van der Waals surface area contributed by atoms with Crippen molar-refractivity contribution in [2.24, 2.45) is 0 Å². The van der Waals surface area contributed by atoms with Crippen LogP contribution in [0.5, 0.6) is 0 Å². The number of methoxy groups -OCH3 is 1. The SMILES string of the molecule is COC(=O)[C@H](O)[C@@H](NC(=O)OC(C)(C)C)c1ccccc1[N+](=O)[O-]. The van der Waals surface area contributed by atoms with Crippen molar-refractivity contribution in [3.63, 3.8) is 0 Å².